The Balaban J connectivity index is 3.03. The molecule has 0 aliphatic carbocycles. The van der Waals surface area contributed by atoms with E-state index in [1.807, 2.05) is 38.1 Å². The third-order valence-electron chi connectivity index (χ3n) is 3.04. The molecule has 0 amide bonds. The van der Waals surface area contributed by atoms with Crippen LogP contribution in [0.15, 0.2) is 24.3 Å². The van der Waals surface area contributed by atoms with E-state index in [1.165, 1.54) is 4.31 Å². The van der Waals surface area contributed by atoms with Gasteiger partial charge in [0, 0.05) is 12.6 Å². The number of hydrogen-bond donors (Lipinski definition) is 0. The van der Waals surface area contributed by atoms with E-state index in [-0.39, 0.29) is 11.8 Å². The van der Waals surface area contributed by atoms with Crippen molar-refractivity contribution in [2.45, 2.75) is 26.3 Å². The standard InChI is InChI=1S/C13H21NO3S/c1-5-10-18(15,16)14(3)11(2)12-8-6-7-9-13(12)17-4/h6-9,11H,5,10H2,1-4H3. The number of methoxy groups -OCH3 is 1. The lowest BCUT2D eigenvalue weighted by Crippen LogP contribution is -2.31. The Hall–Kier alpha value is -1.07. The molecule has 0 aromatic heterocycles. The van der Waals surface area contributed by atoms with Crippen molar-refractivity contribution < 1.29 is 13.2 Å². The highest BCUT2D eigenvalue weighted by molar-refractivity contribution is 7.89. The Kier molecular flexibility index (Phi) is 5.16. The summed E-state index contributed by atoms with van der Waals surface area (Å²) in [6.45, 7) is 3.73. The molecule has 0 saturated carbocycles. The van der Waals surface area contributed by atoms with Gasteiger partial charge in [-0.25, -0.2) is 8.42 Å². The predicted molar refractivity (Wildman–Crippen MR) is 73.2 cm³/mol. The van der Waals surface area contributed by atoms with Gasteiger partial charge in [-0.2, -0.15) is 4.31 Å². The van der Waals surface area contributed by atoms with E-state index in [4.69, 9.17) is 4.74 Å². The summed E-state index contributed by atoms with van der Waals surface area (Å²) < 4.78 is 30.7. The van der Waals surface area contributed by atoms with Crippen LogP contribution in [0.2, 0.25) is 0 Å². The molecule has 0 fully saturated rings. The number of ether oxygens (including phenoxy) is 1. The minimum Gasteiger partial charge on any atom is -0.496 e. The first-order valence-electron chi connectivity index (χ1n) is 6.02. The zero-order valence-corrected chi connectivity index (χ0v) is 12.2. The molecule has 1 rings (SSSR count). The number of benzene rings is 1. The van der Waals surface area contributed by atoms with Crippen LogP contribution in [0.5, 0.6) is 5.75 Å². The maximum Gasteiger partial charge on any atom is 0.214 e. The van der Waals surface area contributed by atoms with Crippen LogP contribution in [-0.4, -0.2) is 32.6 Å². The second-order valence-corrected chi connectivity index (χ2v) is 6.40. The van der Waals surface area contributed by atoms with Crippen molar-refractivity contribution in [2.75, 3.05) is 19.9 Å². The molecule has 1 aromatic carbocycles. The molecular formula is C13H21NO3S. The maximum atomic E-state index is 12.0. The molecule has 1 atom stereocenters. The lowest BCUT2D eigenvalue weighted by molar-refractivity contribution is 0.367. The molecule has 102 valence electrons. The first-order valence-corrected chi connectivity index (χ1v) is 7.63. The van der Waals surface area contributed by atoms with Crippen molar-refractivity contribution in [2.24, 2.45) is 0 Å². The highest BCUT2D eigenvalue weighted by Crippen LogP contribution is 2.29. The molecule has 0 aliphatic heterocycles. The van der Waals surface area contributed by atoms with Crippen LogP contribution >= 0.6 is 0 Å². The molecule has 5 heteroatoms. The molecule has 0 spiro atoms. The van der Waals surface area contributed by atoms with Gasteiger partial charge < -0.3 is 4.74 Å². The van der Waals surface area contributed by atoms with Crippen LogP contribution in [0.25, 0.3) is 0 Å². The second kappa shape index (κ2) is 6.20. The Morgan fingerprint density at radius 3 is 2.50 bits per heavy atom. The Labute approximate surface area is 110 Å². The Bertz CT molecular complexity index is 485. The van der Waals surface area contributed by atoms with E-state index in [0.29, 0.717) is 12.2 Å². The smallest absolute Gasteiger partial charge is 0.214 e. The van der Waals surface area contributed by atoms with Crippen LogP contribution in [-0.2, 0) is 10.0 Å². The summed E-state index contributed by atoms with van der Waals surface area (Å²) in [4.78, 5) is 0. The van der Waals surface area contributed by atoms with Crippen molar-refractivity contribution in [1.82, 2.24) is 4.31 Å². The quantitative estimate of drug-likeness (QED) is 0.798. The molecule has 0 N–H and O–H groups in total. The van der Waals surface area contributed by atoms with Gasteiger partial charge in [0.05, 0.1) is 18.9 Å². The summed E-state index contributed by atoms with van der Waals surface area (Å²) in [5.74, 6) is 0.881. The SMILES string of the molecule is CCCS(=O)(=O)N(C)C(C)c1ccccc1OC. The Morgan fingerprint density at radius 2 is 1.94 bits per heavy atom. The van der Waals surface area contributed by atoms with E-state index in [9.17, 15) is 8.42 Å². The summed E-state index contributed by atoms with van der Waals surface area (Å²) in [7, 11) is -0.00236. The molecule has 0 saturated heterocycles. The third kappa shape index (κ3) is 3.23. The summed E-state index contributed by atoms with van der Waals surface area (Å²) in [5.41, 5.74) is 0.877. The van der Waals surface area contributed by atoms with Crippen LogP contribution in [0, 0.1) is 0 Å². The fourth-order valence-corrected chi connectivity index (χ4v) is 3.25. The first kappa shape index (κ1) is 15.0. The topological polar surface area (TPSA) is 46.6 Å². The normalized spacial score (nSPS) is 13.6. The third-order valence-corrected chi connectivity index (χ3v) is 5.15. The fraction of sp³-hybridized carbons (Fsp3) is 0.538. The number of hydrogen-bond acceptors (Lipinski definition) is 3. The minimum absolute atomic E-state index is 0.170. The summed E-state index contributed by atoms with van der Waals surface area (Å²) in [5, 5.41) is 0. The Morgan fingerprint density at radius 1 is 1.33 bits per heavy atom. The first-order chi connectivity index (χ1) is 8.44. The van der Waals surface area contributed by atoms with Gasteiger partial charge in [-0.15, -0.1) is 0 Å². The molecule has 0 radical (unpaired) electrons. The van der Waals surface area contributed by atoms with Crippen LogP contribution in [0.3, 0.4) is 0 Å². The number of nitrogens with zero attached hydrogens (tertiary/aromatic N) is 1. The molecule has 0 bridgehead atoms. The number of rotatable bonds is 6. The zero-order chi connectivity index (χ0) is 13.8. The zero-order valence-electron chi connectivity index (χ0n) is 11.4. The summed E-state index contributed by atoms with van der Waals surface area (Å²) in [6.07, 6.45) is 0.616. The van der Waals surface area contributed by atoms with E-state index >= 15 is 0 Å². The van der Waals surface area contributed by atoms with Gasteiger partial charge in [0.1, 0.15) is 5.75 Å². The van der Waals surface area contributed by atoms with E-state index < -0.39 is 10.0 Å². The van der Waals surface area contributed by atoms with Gasteiger partial charge in [0.25, 0.3) is 0 Å². The van der Waals surface area contributed by atoms with Gasteiger partial charge in [-0.1, -0.05) is 25.1 Å². The average Bonchev–Trinajstić information content (AvgIpc) is 2.36. The molecule has 1 aromatic rings. The van der Waals surface area contributed by atoms with Crippen LogP contribution < -0.4 is 4.74 Å². The largest absolute Gasteiger partial charge is 0.496 e. The maximum absolute atomic E-state index is 12.0. The number of sulfonamides is 1. The van der Waals surface area contributed by atoms with Crippen LogP contribution in [0.4, 0.5) is 0 Å². The van der Waals surface area contributed by atoms with E-state index in [1.54, 1.807) is 14.2 Å². The second-order valence-electron chi connectivity index (χ2n) is 4.25. The summed E-state index contributed by atoms with van der Waals surface area (Å²) >= 11 is 0. The molecular weight excluding hydrogens is 250 g/mol. The monoisotopic (exact) mass is 271 g/mol. The fourth-order valence-electron chi connectivity index (χ4n) is 1.85. The highest BCUT2D eigenvalue weighted by atomic mass is 32.2. The van der Waals surface area contributed by atoms with Gasteiger partial charge in [0.15, 0.2) is 0 Å². The van der Waals surface area contributed by atoms with E-state index in [2.05, 4.69) is 0 Å². The molecule has 0 heterocycles. The molecule has 1 unspecified atom stereocenters. The van der Waals surface area contributed by atoms with Crippen molar-refractivity contribution in [3.8, 4) is 5.75 Å². The van der Waals surface area contributed by atoms with E-state index in [0.717, 1.165) is 5.56 Å². The van der Waals surface area contributed by atoms with Crippen LogP contribution in [0.1, 0.15) is 31.9 Å². The minimum atomic E-state index is -3.20. The van der Waals surface area contributed by atoms with Gasteiger partial charge >= 0.3 is 0 Å². The van der Waals surface area contributed by atoms with Gasteiger partial charge in [0.2, 0.25) is 10.0 Å². The molecule has 4 nitrogen and oxygen atoms in total. The highest BCUT2D eigenvalue weighted by Gasteiger charge is 2.25. The van der Waals surface area contributed by atoms with Gasteiger partial charge in [-0.05, 0) is 19.4 Å². The van der Waals surface area contributed by atoms with Gasteiger partial charge in [-0.3, -0.25) is 0 Å². The average molecular weight is 271 g/mol. The number of para-hydroxylation sites is 1. The predicted octanol–water partition coefficient (Wildman–Crippen LogP) is 2.43. The lowest BCUT2D eigenvalue weighted by Gasteiger charge is -2.25. The summed E-state index contributed by atoms with van der Waals surface area (Å²) in [6, 6.07) is 7.25. The molecule has 18 heavy (non-hydrogen) atoms. The molecule has 0 aliphatic rings. The van der Waals surface area contributed by atoms with Crippen molar-refractivity contribution in [3.05, 3.63) is 29.8 Å². The van der Waals surface area contributed by atoms with Crippen molar-refractivity contribution in [3.63, 3.8) is 0 Å². The van der Waals surface area contributed by atoms with Crippen molar-refractivity contribution in [1.29, 1.82) is 0 Å². The lowest BCUT2D eigenvalue weighted by atomic mass is 10.1. The van der Waals surface area contributed by atoms with Crippen molar-refractivity contribution >= 4 is 10.0 Å².